The van der Waals surface area contributed by atoms with Gasteiger partial charge in [0.15, 0.2) is 0 Å². The average molecular weight is 528 g/mol. The molecule has 38 heavy (non-hydrogen) atoms. The van der Waals surface area contributed by atoms with Crippen LogP contribution in [0.25, 0.3) is 10.9 Å². The lowest BCUT2D eigenvalue weighted by Gasteiger charge is -2.23. The number of nitrogens with one attached hydrogen (secondary N) is 3. The van der Waals surface area contributed by atoms with E-state index in [1.54, 1.807) is 24.4 Å². The molecule has 0 amide bonds. The molecule has 0 radical (unpaired) electrons. The Morgan fingerprint density at radius 1 is 1.03 bits per heavy atom. The van der Waals surface area contributed by atoms with Crippen LogP contribution < -0.4 is 10.6 Å². The number of anilines is 2. The quantitative estimate of drug-likeness (QED) is 0.192. The lowest BCUT2D eigenvalue weighted by Crippen LogP contribution is -2.15. The summed E-state index contributed by atoms with van der Waals surface area (Å²) in [5.74, 6) is -0.344. The van der Waals surface area contributed by atoms with Crippen LogP contribution in [0.2, 0.25) is 5.02 Å². The SMILES string of the molecule is N#Cc1cnc2c(Cl)cc(N[C@@H](c3ccc(F)cc3)c3cn[nH]n3)cc2c1N[C@H](CCO)c1ccccc1. The zero-order valence-electron chi connectivity index (χ0n) is 20.1. The van der Waals surface area contributed by atoms with Crippen molar-refractivity contribution in [3.63, 3.8) is 0 Å². The fourth-order valence-electron chi connectivity index (χ4n) is 4.39. The highest BCUT2D eigenvalue weighted by atomic mass is 35.5. The number of pyridine rings is 1. The van der Waals surface area contributed by atoms with Crippen molar-refractivity contribution in [2.45, 2.75) is 18.5 Å². The first kappa shape index (κ1) is 25.1. The molecule has 3 aromatic carbocycles. The Morgan fingerprint density at radius 2 is 1.82 bits per heavy atom. The Bertz CT molecular complexity index is 1570. The number of aliphatic hydroxyl groups is 1. The molecule has 0 aliphatic carbocycles. The minimum absolute atomic E-state index is 0.0396. The summed E-state index contributed by atoms with van der Waals surface area (Å²) < 4.78 is 13.6. The largest absolute Gasteiger partial charge is 0.396 e. The fourth-order valence-corrected chi connectivity index (χ4v) is 4.66. The average Bonchev–Trinajstić information content (AvgIpc) is 3.47. The van der Waals surface area contributed by atoms with Crippen molar-refractivity contribution < 1.29 is 9.50 Å². The first-order valence-corrected chi connectivity index (χ1v) is 12.3. The van der Waals surface area contributed by atoms with Crippen LogP contribution in [0.3, 0.4) is 0 Å². The van der Waals surface area contributed by atoms with Crippen LogP contribution in [0.1, 0.15) is 40.9 Å². The van der Waals surface area contributed by atoms with Crippen molar-refractivity contribution in [1.82, 2.24) is 20.4 Å². The number of fused-ring (bicyclic) bond motifs is 1. The molecule has 8 nitrogen and oxygen atoms in total. The van der Waals surface area contributed by atoms with Gasteiger partial charge in [-0.1, -0.05) is 54.1 Å². The van der Waals surface area contributed by atoms with Crippen LogP contribution in [-0.4, -0.2) is 32.1 Å². The predicted molar refractivity (Wildman–Crippen MR) is 144 cm³/mol. The molecule has 2 aromatic heterocycles. The predicted octanol–water partition coefficient (Wildman–Crippen LogP) is 5.75. The number of aromatic amines is 1. The molecule has 0 fully saturated rings. The second-order valence-corrected chi connectivity index (χ2v) is 9.06. The molecule has 0 aliphatic rings. The summed E-state index contributed by atoms with van der Waals surface area (Å²) in [4.78, 5) is 4.44. The van der Waals surface area contributed by atoms with Crippen LogP contribution in [0.4, 0.5) is 15.8 Å². The van der Waals surface area contributed by atoms with E-state index in [-0.39, 0.29) is 18.5 Å². The Kier molecular flexibility index (Phi) is 7.45. The summed E-state index contributed by atoms with van der Waals surface area (Å²) in [6.45, 7) is -0.0396. The summed E-state index contributed by atoms with van der Waals surface area (Å²) in [5.41, 5.74) is 4.40. The van der Waals surface area contributed by atoms with E-state index < -0.39 is 6.04 Å². The van der Waals surface area contributed by atoms with Crippen molar-refractivity contribution in [1.29, 1.82) is 5.26 Å². The smallest absolute Gasteiger partial charge is 0.123 e. The molecule has 0 unspecified atom stereocenters. The number of H-pyrrole nitrogens is 1. The van der Waals surface area contributed by atoms with E-state index in [1.807, 2.05) is 36.4 Å². The van der Waals surface area contributed by atoms with Crippen molar-refractivity contribution in [2.75, 3.05) is 17.2 Å². The zero-order chi connectivity index (χ0) is 26.5. The minimum atomic E-state index is -0.460. The van der Waals surface area contributed by atoms with Crippen LogP contribution in [0.5, 0.6) is 0 Å². The topological polar surface area (TPSA) is 123 Å². The molecule has 10 heteroatoms. The molecule has 4 N–H and O–H groups in total. The van der Waals surface area contributed by atoms with Crippen LogP contribution >= 0.6 is 11.6 Å². The van der Waals surface area contributed by atoms with E-state index in [4.69, 9.17) is 11.6 Å². The number of benzene rings is 3. The van der Waals surface area contributed by atoms with Gasteiger partial charge in [0.2, 0.25) is 0 Å². The monoisotopic (exact) mass is 527 g/mol. The number of aliphatic hydroxyl groups excluding tert-OH is 1. The Hall–Kier alpha value is -4.52. The summed E-state index contributed by atoms with van der Waals surface area (Å²) in [7, 11) is 0. The van der Waals surface area contributed by atoms with E-state index in [1.165, 1.54) is 18.3 Å². The number of nitriles is 1. The minimum Gasteiger partial charge on any atom is -0.396 e. The first-order chi connectivity index (χ1) is 18.6. The summed E-state index contributed by atoms with van der Waals surface area (Å²) in [6, 6.07) is 20.9. The first-order valence-electron chi connectivity index (χ1n) is 11.9. The molecule has 190 valence electrons. The lowest BCUT2D eigenvalue weighted by molar-refractivity contribution is 0.280. The molecule has 0 bridgehead atoms. The van der Waals surface area contributed by atoms with Crippen molar-refractivity contribution in [3.05, 3.63) is 112 Å². The Balaban J connectivity index is 1.59. The van der Waals surface area contributed by atoms with Crippen molar-refractivity contribution in [3.8, 4) is 6.07 Å². The summed E-state index contributed by atoms with van der Waals surface area (Å²) in [6.07, 6.45) is 3.51. The zero-order valence-corrected chi connectivity index (χ0v) is 20.8. The maximum atomic E-state index is 13.6. The highest BCUT2D eigenvalue weighted by molar-refractivity contribution is 6.35. The van der Waals surface area contributed by atoms with Gasteiger partial charge in [0, 0.05) is 23.9 Å². The van der Waals surface area contributed by atoms with Gasteiger partial charge in [-0.05, 0) is 41.8 Å². The lowest BCUT2D eigenvalue weighted by atomic mass is 10.0. The van der Waals surface area contributed by atoms with Gasteiger partial charge in [-0.3, -0.25) is 4.98 Å². The van der Waals surface area contributed by atoms with Gasteiger partial charge in [0.05, 0.1) is 40.1 Å². The molecule has 2 atom stereocenters. The Labute approximate surface area is 223 Å². The third-order valence-corrected chi connectivity index (χ3v) is 6.52. The highest BCUT2D eigenvalue weighted by Crippen LogP contribution is 2.37. The van der Waals surface area contributed by atoms with Gasteiger partial charge in [0.25, 0.3) is 0 Å². The van der Waals surface area contributed by atoms with Crippen molar-refractivity contribution >= 4 is 33.9 Å². The number of aromatic nitrogens is 4. The van der Waals surface area contributed by atoms with Crippen LogP contribution in [-0.2, 0) is 0 Å². The highest BCUT2D eigenvalue weighted by Gasteiger charge is 2.21. The normalized spacial score (nSPS) is 12.6. The molecule has 0 saturated heterocycles. The van der Waals surface area contributed by atoms with Crippen LogP contribution in [0, 0.1) is 17.1 Å². The van der Waals surface area contributed by atoms with E-state index >= 15 is 0 Å². The molecule has 2 heterocycles. The van der Waals surface area contributed by atoms with E-state index in [0.717, 1.165) is 11.1 Å². The molecule has 0 spiro atoms. The van der Waals surface area contributed by atoms with E-state index in [0.29, 0.717) is 45.0 Å². The Morgan fingerprint density at radius 3 is 2.50 bits per heavy atom. The van der Waals surface area contributed by atoms with Gasteiger partial charge in [0.1, 0.15) is 17.6 Å². The molecule has 5 aromatic rings. The fraction of sp³-hybridized carbons (Fsp3) is 0.143. The second kappa shape index (κ2) is 11.3. The third kappa shape index (κ3) is 5.27. The molecular formula is C28H23ClFN7O. The standard InChI is InChI=1S/C28H23ClFN7O/c29-23-13-21(34-27(25-16-33-37-36-25)18-6-8-20(30)9-7-18)12-22-26(19(14-31)15-32-28(22)23)35-24(10-11-38)17-4-2-1-3-5-17/h1-9,12-13,15-16,24,27,34,38H,10-11H2,(H,32,35)(H,33,36,37)/t24-,27+/m1/s1. The van der Waals surface area contributed by atoms with Gasteiger partial charge in [-0.2, -0.15) is 20.7 Å². The number of halogens is 2. The number of hydrogen-bond donors (Lipinski definition) is 4. The van der Waals surface area contributed by atoms with Crippen LogP contribution in [0.15, 0.2) is 79.1 Å². The maximum Gasteiger partial charge on any atom is 0.123 e. The van der Waals surface area contributed by atoms with Gasteiger partial charge < -0.3 is 15.7 Å². The van der Waals surface area contributed by atoms with Gasteiger partial charge in [-0.15, -0.1) is 0 Å². The third-order valence-electron chi connectivity index (χ3n) is 6.23. The summed E-state index contributed by atoms with van der Waals surface area (Å²) >= 11 is 6.68. The maximum absolute atomic E-state index is 13.6. The van der Waals surface area contributed by atoms with Gasteiger partial charge in [-0.25, -0.2) is 4.39 Å². The van der Waals surface area contributed by atoms with Gasteiger partial charge >= 0.3 is 0 Å². The number of nitrogens with zero attached hydrogens (tertiary/aromatic N) is 4. The number of rotatable bonds is 9. The summed E-state index contributed by atoms with van der Waals surface area (Å²) in [5, 5.41) is 38.3. The second-order valence-electron chi connectivity index (χ2n) is 8.66. The molecule has 0 aliphatic heterocycles. The van der Waals surface area contributed by atoms with E-state index in [2.05, 4.69) is 37.1 Å². The van der Waals surface area contributed by atoms with Crippen molar-refractivity contribution in [2.24, 2.45) is 0 Å². The van der Waals surface area contributed by atoms with E-state index in [9.17, 15) is 14.8 Å². The molecular weight excluding hydrogens is 505 g/mol. The molecule has 5 rings (SSSR count). The molecule has 0 saturated carbocycles. The number of hydrogen-bond acceptors (Lipinski definition) is 7.